The van der Waals surface area contributed by atoms with Crippen LogP contribution < -0.4 is 5.56 Å². The topological polar surface area (TPSA) is 55.2 Å². The first kappa shape index (κ1) is 18.6. The Labute approximate surface area is 155 Å². The molecule has 1 aromatic carbocycles. The third kappa shape index (κ3) is 3.81. The number of carbonyl (C=O) groups is 1. The maximum absolute atomic E-state index is 12.9. The summed E-state index contributed by atoms with van der Waals surface area (Å²) in [6.45, 7) is 6.33. The monoisotopic (exact) mass is 355 g/mol. The minimum absolute atomic E-state index is 0.0245. The normalized spacial score (nSPS) is 14.5. The van der Waals surface area contributed by atoms with Gasteiger partial charge in [0.15, 0.2) is 0 Å². The van der Waals surface area contributed by atoms with Gasteiger partial charge in [-0.2, -0.15) is 0 Å². The van der Waals surface area contributed by atoms with Gasteiger partial charge in [0.1, 0.15) is 5.82 Å². The molecular weight excluding hydrogens is 326 g/mol. The molecule has 3 rings (SSSR count). The Morgan fingerprint density at radius 3 is 2.77 bits per heavy atom. The molecule has 1 amide bonds. The van der Waals surface area contributed by atoms with Gasteiger partial charge in [-0.25, -0.2) is 4.98 Å². The number of nitrogens with zero attached hydrogens (tertiary/aromatic N) is 3. The summed E-state index contributed by atoms with van der Waals surface area (Å²) < 4.78 is 1.84. The van der Waals surface area contributed by atoms with Crippen molar-refractivity contribution in [2.24, 2.45) is 0 Å². The van der Waals surface area contributed by atoms with Crippen molar-refractivity contribution in [3.05, 3.63) is 39.9 Å². The minimum atomic E-state index is 0.0245. The van der Waals surface area contributed by atoms with Gasteiger partial charge in [0.2, 0.25) is 0 Å². The van der Waals surface area contributed by atoms with Gasteiger partial charge < -0.3 is 4.90 Å². The summed E-state index contributed by atoms with van der Waals surface area (Å²) in [7, 11) is 0. The zero-order chi connectivity index (χ0) is 18.5. The van der Waals surface area contributed by atoms with Crippen molar-refractivity contribution in [2.45, 2.75) is 65.3 Å². The van der Waals surface area contributed by atoms with Gasteiger partial charge >= 0.3 is 0 Å². The number of carbonyl (C=O) groups excluding carboxylic acids is 1. The molecule has 1 aliphatic rings. The molecule has 2 aromatic rings. The van der Waals surface area contributed by atoms with E-state index < -0.39 is 0 Å². The van der Waals surface area contributed by atoms with Crippen LogP contribution in [0.15, 0.2) is 23.0 Å². The highest BCUT2D eigenvalue weighted by Gasteiger charge is 2.17. The molecule has 0 atom stereocenters. The summed E-state index contributed by atoms with van der Waals surface area (Å²) >= 11 is 0. The zero-order valence-electron chi connectivity index (χ0n) is 16.0. The summed E-state index contributed by atoms with van der Waals surface area (Å²) in [5.74, 6) is 0.890. The SMILES string of the molecule is CCCCN(CC)C(=O)c1ccc2c(=O)n3c(nc2c1)CCCCCC3. The highest BCUT2D eigenvalue weighted by Crippen LogP contribution is 2.17. The molecule has 0 saturated heterocycles. The summed E-state index contributed by atoms with van der Waals surface area (Å²) in [4.78, 5) is 32.3. The van der Waals surface area contributed by atoms with Crippen molar-refractivity contribution in [1.82, 2.24) is 14.5 Å². The number of hydrogen-bond donors (Lipinski definition) is 0. The van der Waals surface area contributed by atoms with Crippen molar-refractivity contribution in [2.75, 3.05) is 13.1 Å². The third-order valence-electron chi connectivity index (χ3n) is 5.26. The Morgan fingerprint density at radius 2 is 2.00 bits per heavy atom. The van der Waals surface area contributed by atoms with E-state index in [1.54, 1.807) is 18.2 Å². The number of rotatable bonds is 5. The molecule has 26 heavy (non-hydrogen) atoms. The molecule has 0 unspecified atom stereocenters. The Hall–Kier alpha value is -2.17. The van der Waals surface area contributed by atoms with Gasteiger partial charge in [-0.3, -0.25) is 14.2 Å². The van der Waals surface area contributed by atoms with Crippen molar-refractivity contribution in [3.8, 4) is 0 Å². The maximum Gasteiger partial charge on any atom is 0.261 e. The molecule has 0 saturated carbocycles. The van der Waals surface area contributed by atoms with E-state index in [-0.39, 0.29) is 11.5 Å². The highest BCUT2D eigenvalue weighted by atomic mass is 16.2. The van der Waals surface area contributed by atoms with Crippen molar-refractivity contribution < 1.29 is 4.79 Å². The van der Waals surface area contributed by atoms with Gasteiger partial charge in [0.05, 0.1) is 10.9 Å². The number of fused-ring (bicyclic) bond motifs is 2. The average molecular weight is 355 g/mol. The van der Waals surface area contributed by atoms with Crippen LogP contribution in [0.5, 0.6) is 0 Å². The molecule has 0 N–H and O–H groups in total. The Bertz CT molecular complexity index is 841. The predicted molar refractivity (Wildman–Crippen MR) is 105 cm³/mol. The second kappa shape index (κ2) is 8.47. The molecule has 0 aliphatic carbocycles. The Kier molecular flexibility index (Phi) is 6.07. The van der Waals surface area contributed by atoms with E-state index in [1.807, 2.05) is 16.4 Å². The fourth-order valence-corrected chi connectivity index (χ4v) is 3.66. The number of hydrogen-bond acceptors (Lipinski definition) is 3. The molecule has 140 valence electrons. The van der Waals surface area contributed by atoms with E-state index in [9.17, 15) is 9.59 Å². The average Bonchev–Trinajstić information content (AvgIpc) is 2.63. The Morgan fingerprint density at radius 1 is 1.19 bits per heavy atom. The number of aryl methyl sites for hydroxylation is 1. The minimum Gasteiger partial charge on any atom is -0.339 e. The van der Waals surface area contributed by atoms with Crippen LogP contribution in [-0.2, 0) is 13.0 Å². The maximum atomic E-state index is 12.9. The van der Waals surface area contributed by atoms with E-state index in [0.717, 1.165) is 51.0 Å². The van der Waals surface area contributed by atoms with Gasteiger partial charge in [0, 0.05) is 31.6 Å². The quantitative estimate of drug-likeness (QED) is 0.820. The molecular formula is C21H29N3O2. The van der Waals surface area contributed by atoms with Gasteiger partial charge in [0.25, 0.3) is 11.5 Å². The number of unbranched alkanes of at least 4 members (excludes halogenated alkanes) is 1. The number of amides is 1. The summed E-state index contributed by atoms with van der Waals surface area (Å²) in [5.41, 5.74) is 1.31. The van der Waals surface area contributed by atoms with E-state index in [1.165, 1.54) is 12.8 Å². The van der Waals surface area contributed by atoms with E-state index >= 15 is 0 Å². The van der Waals surface area contributed by atoms with Crippen LogP contribution in [0, 0.1) is 0 Å². The van der Waals surface area contributed by atoms with Gasteiger partial charge in [-0.15, -0.1) is 0 Å². The molecule has 1 aromatic heterocycles. The predicted octanol–water partition coefficient (Wildman–Crippen LogP) is 3.78. The first-order valence-corrected chi connectivity index (χ1v) is 9.98. The largest absolute Gasteiger partial charge is 0.339 e. The van der Waals surface area contributed by atoms with Gasteiger partial charge in [-0.05, 0) is 44.4 Å². The van der Waals surface area contributed by atoms with Gasteiger partial charge in [-0.1, -0.05) is 26.2 Å². The lowest BCUT2D eigenvalue weighted by Crippen LogP contribution is -2.32. The lowest BCUT2D eigenvalue weighted by Gasteiger charge is -2.21. The standard InChI is InChI=1S/C21H29N3O2/c1-3-5-13-23(4-2)20(25)16-11-12-17-18(15-16)22-19-10-8-6-7-9-14-24(19)21(17)26/h11-12,15H,3-10,13-14H2,1-2H3. The van der Waals surface area contributed by atoms with Crippen molar-refractivity contribution in [3.63, 3.8) is 0 Å². The summed E-state index contributed by atoms with van der Waals surface area (Å²) in [6.07, 6.45) is 7.35. The first-order chi connectivity index (χ1) is 12.7. The van der Waals surface area contributed by atoms with Crippen LogP contribution in [0.25, 0.3) is 10.9 Å². The van der Waals surface area contributed by atoms with E-state index in [4.69, 9.17) is 4.98 Å². The van der Waals surface area contributed by atoms with Crippen LogP contribution in [-0.4, -0.2) is 33.4 Å². The molecule has 1 aliphatic heterocycles. The van der Waals surface area contributed by atoms with Crippen LogP contribution in [0.3, 0.4) is 0 Å². The molecule has 0 spiro atoms. The highest BCUT2D eigenvalue weighted by molar-refractivity contribution is 5.97. The van der Waals surface area contributed by atoms with Crippen LogP contribution >= 0.6 is 0 Å². The fourth-order valence-electron chi connectivity index (χ4n) is 3.66. The Balaban J connectivity index is 1.99. The van der Waals surface area contributed by atoms with E-state index in [2.05, 4.69) is 6.92 Å². The third-order valence-corrected chi connectivity index (χ3v) is 5.26. The smallest absolute Gasteiger partial charge is 0.261 e. The summed E-state index contributed by atoms with van der Waals surface area (Å²) in [6, 6.07) is 5.35. The van der Waals surface area contributed by atoms with Crippen molar-refractivity contribution in [1.29, 1.82) is 0 Å². The second-order valence-electron chi connectivity index (χ2n) is 7.12. The fraction of sp³-hybridized carbons (Fsp3) is 0.571. The molecule has 0 radical (unpaired) electrons. The van der Waals surface area contributed by atoms with Crippen LogP contribution in [0.2, 0.25) is 0 Å². The van der Waals surface area contributed by atoms with E-state index in [0.29, 0.717) is 23.0 Å². The zero-order valence-corrected chi connectivity index (χ0v) is 16.0. The second-order valence-corrected chi connectivity index (χ2v) is 7.12. The molecule has 5 heteroatoms. The van der Waals surface area contributed by atoms with Crippen LogP contribution in [0.1, 0.15) is 68.6 Å². The molecule has 5 nitrogen and oxygen atoms in total. The number of benzene rings is 1. The number of aromatic nitrogens is 2. The molecule has 0 bridgehead atoms. The molecule has 2 heterocycles. The summed E-state index contributed by atoms with van der Waals surface area (Å²) in [5, 5.41) is 0.613. The van der Waals surface area contributed by atoms with Crippen LogP contribution in [0.4, 0.5) is 0 Å². The lowest BCUT2D eigenvalue weighted by atomic mass is 10.1. The first-order valence-electron chi connectivity index (χ1n) is 9.98. The molecule has 0 fully saturated rings. The lowest BCUT2D eigenvalue weighted by molar-refractivity contribution is 0.0762. The van der Waals surface area contributed by atoms with Crippen molar-refractivity contribution >= 4 is 16.8 Å².